The van der Waals surface area contributed by atoms with Gasteiger partial charge in [-0.1, -0.05) is 23.2 Å². The number of rotatable bonds is 5. The van der Waals surface area contributed by atoms with Gasteiger partial charge in [0.05, 0.1) is 10.7 Å². The van der Waals surface area contributed by atoms with Crippen molar-refractivity contribution in [2.24, 2.45) is 0 Å². The Morgan fingerprint density at radius 2 is 2.21 bits per heavy atom. The third-order valence-corrected chi connectivity index (χ3v) is 3.84. The Kier molecular flexibility index (Phi) is 5.05. The van der Waals surface area contributed by atoms with Crippen molar-refractivity contribution in [1.82, 2.24) is 10.2 Å². The first-order chi connectivity index (χ1) is 9.06. The summed E-state index contributed by atoms with van der Waals surface area (Å²) >= 11 is 11.9. The highest BCUT2D eigenvalue weighted by atomic mass is 35.5. The van der Waals surface area contributed by atoms with Crippen molar-refractivity contribution in [3.05, 3.63) is 28.2 Å². The number of benzene rings is 1. The van der Waals surface area contributed by atoms with Crippen molar-refractivity contribution >= 4 is 34.8 Å². The van der Waals surface area contributed by atoms with Gasteiger partial charge in [-0.25, -0.2) is 0 Å². The minimum atomic E-state index is -0.0525. The smallest absolute Gasteiger partial charge is 0.225 e. The molecule has 104 valence electrons. The molecule has 1 fully saturated rings. The summed E-state index contributed by atoms with van der Waals surface area (Å²) < 4.78 is 0. The SMILES string of the molecule is CN(CCC(=O)Nc1cc(Cl)ccc1Cl)C1CNC1. The molecule has 0 radical (unpaired) electrons. The molecule has 2 rings (SSSR count). The van der Waals surface area contributed by atoms with Crippen LogP contribution in [0, 0.1) is 0 Å². The van der Waals surface area contributed by atoms with E-state index in [-0.39, 0.29) is 5.91 Å². The lowest BCUT2D eigenvalue weighted by Crippen LogP contribution is -2.56. The van der Waals surface area contributed by atoms with E-state index in [1.807, 2.05) is 7.05 Å². The van der Waals surface area contributed by atoms with Gasteiger partial charge in [0.2, 0.25) is 5.91 Å². The topological polar surface area (TPSA) is 44.4 Å². The van der Waals surface area contributed by atoms with Crippen LogP contribution in [-0.2, 0) is 4.79 Å². The zero-order chi connectivity index (χ0) is 13.8. The second-order valence-electron chi connectivity index (χ2n) is 4.72. The average molecular weight is 302 g/mol. The molecule has 1 aliphatic heterocycles. The molecule has 1 saturated heterocycles. The highest BCUT2D eigenvalue weighted by molar-refractivity contribution is 6.35. The van der Waals surface area contributed by atoms with Crippen LogP contribution in [0.5, 0.6) is 0 Å². The number of hydrogen-bond donors (Lipinski definition) is 2. The predicted octanol–water partition coefficient (Wildman–Crippen LogP) is 2.23. The number of nitrogens with one attached hydrogen (secondary N) is 2. The number of hydrogen-bond acceptors (Lipinski definition) is 3. The van der Waals surface area contributed by atoms with E-state index in [0.29, 0.717) is 28.2 Å². The first kappa shape index (κ1) is 14.6. The van der Waals surface area contributed by atoms with Crippen molar-refractivity contribution in [3.63, 3.8) is 0 Å². The van der Waals surface area contributed by atoms with Gasteiger partial charge in [0.25, 0.3) is 0 Å². The van der Waals surface area contributed by atoms with Crippen LogP contribution >= 0.6 is 23.2 Å². The lowest BCUT2D eigenvalue weighted by atomic mass is 10.1. The van der Waals surface area contributed by atoms with Crippen LogP contribution < -0.4 is 10.6 Å². The standard InChI is InChI=1S/C13H17Cl2N3O/c1-18(10-7-16-8-10)5-4-13(19)17-12-6-9(14)2-3-11(12)15/h2-3,6,10,16H,4-5,7-8H2,1H3,(H,17,19). The van der Waals surface area contributed by atoms with Crippen LogP contribution in [0.3, 0.4) is 0 Å². The number of carbonyl (C=O) groups excluding carboxylic acids is 1. The number of amides is 1. The van der Waals surface area contributed by atoms with Crippen molar-refractivity contribution in [2.75, 3.05) is 32.0 Å². The molecule has 0 bridgehead atoms. The molecule has 1 heterocycles. The minimum absolute atomic E-state index is 0.0525. The molecular formula is C13H17Cl2N3O. The highest BCUT2D eigenvalue weighted by Crippen LogP contribution is 2.25. The zero-order valence-electron chi connectivity index (χ0n) is 10.7. The summed E-state index contributed by atoms with van der Waals surface area (Å²) in [6, 6.07) is 5.56. The van der Waals surface area contributed by atoms with E-state index in [1.54, 1.807) is 18.2 Å². The molecule has 1 amide bonds. The van der Waals surface area contributed by atoms with Gasteiger partial charge in [0.15, 0.2) is 0 Å². The van der Waals surface area contributed by atoms with Gasteiger partial charge in [-0.3, -0.25) is 4.79 Å². The van der Waals surface area contributed by atoms with Gasteiger partial charge >= 0.3 is 0 Å². The van der Waals surface area contributed by atoms with E-state index in [4.69, 9.17) is 23.2 Å². The van der Waals surface area contributed by atoms with E-state index in [2.05, 4.69) is 15.5 Å². The molecule has 1 aliphatic rings. The van der Waals surface area contributed by atoms with Gasteiger partial charge in [-0.05, 0) is 25.2 Å². The van der Waals surface area contributed by atoms with Gasteiger partial charge < -0.3 is 15.5 Å². The zero-order valence-corrected chi connectivity index (χ0v) is 12.3. The molecule has 19 heavy (non-hydrogen) atoms. The normalized spacial score (nSPS) is 15.4. The molecular weight excluding hydrogens is 285 g/mol. The van der Waals surface area contributed by atoms with Crippen LogP contribution in [0.1, 0.15) is 6.42 Å². The summed E-state index contributed by atoms with van der Waals surface area (Å²) in [5.41, 5.74) is 0.562. The first-order valence-corrected chi connectivity index (χ1v) is 6.97. The summed E-state index contributed by atoms with van der Waals surface area (Å²) in [4.78, 5) is 14.0. The summed E-state index contributed by atoms with van der Waals surface area (Å²) in [6.07, 6.45) is 0.440. The van der Waals surface area contributed by atoms with Crippen LogP contribution in [0.4, 0.5) is 5.69 Å². The lowest BCUT2D eigenvalue weighted by molar-refractivity contribution is -0.116. The molecule has 0 aliphatic carbocycles. The molecule has 0 spiro atoms. The van der Waals surface area contributed by atoms with Gasteiger partial charge in [-0.2, -0.15) is 0 Å². The maximum atomic E-state index is 11.9. The number of halogens is 2. The van der Waals surface area contributed by atoms with Gasteiger partial charge in [0, 0.05) is 37.1 Å². The molecule has 0 unspecified atom stereocenters. The Labute approximate surface area is 123 Å². The fraction of sp³-hybridized carbons (Fsp3) is 0.462. The maximum absolute atomic E-state index is 11.9. The van der Waals surface area contributed by atoms with Gasteiger partial charge in [0.1, 0.15) is 0 Å². The minimum Gasteiger partial charge on any atom is -0.325 e. The summed E-state index contributed by atoms with van der Waals surface area (Å²) in [5.74, 6) is -0.0525. The Hall–Kier alpha value is -0.810. The number of carbonyl (C=O) groups is 1. The third kappa shape index (κ3) is 4.08. The Balaban J connectivity index is 1.81. The quantitative estimate of drug-likeness (QED) is 0.876. The van der Waals surface area contributed by atoms with E-state index < -0.39 is 0 Å². The second-order valence-corrected chi connectivity index (χ2v) is 5.56. The molecule has 0 atom stereocenters. The van der Waals surface area contributed by atoms with E-state index in [0.717, 1.165) is 19.6 Å². The third-order valence-electron chi connectivity index (χ3n) is 3.28. The Morgan fingerprint density at radius 3 is 2.84 bits per heavy atom. The number of likely N-dealkylation sites (N-methyl/N-ethyl adjacent to an activating group) is 1. The molecule has 1 aromatic rings. The predicted molar refractivity (Wildman–Crippen MR) is 79.0 cm³/mol. The summed E-state index contributed by atoms with van der Waals surface area (Å²) in [7, 11) is 2.03. The molecule has 6 heteroatoms. The molecule has 0 aromatic heterocycles. The van der Waals surface area contributed by atoms with Crippen LogP contribution in [0.2, 0.25) is 10.0 Å². The fourth-order valence-electron chi connectivity index (χ4n) is 1.85. The highest BCUT2D eigenvalue weighted by Gasteiger charge is 2.21. The van der Waals surface area contributed by atoms with E-state index in [9.17, 15) is 4.79 Å². The van der Waals surface area contributed by atoms with Crippen molar-refractivity contribution in [1.29, 1.82) is 0 Å². The van der Waals surface area contributed by atoms with Crippen molar-refractivity contribution < 1.29 is 4.79 Å². The lowest BCUT2D eigenvalue weighted by Gasteiger charge is -2.35. The van der Waals surface area contributed by atoms with Crippen molar-refractivity contribution in [3.8, 4) is 0 Å². The monoisotopic (exact) mass is 301 g/mol. The first-order valence-electron chi connectivity index (χ1n) is 6.22. The van der Waals surface area contributed by atoms with E-state index in [1.165, 1.54) is 0 Å². The molecule has 2 N–H and O–H groups in total. The van der Waals surface area contributed by atoms with Crippen LogP contribution in [0.25, 0.3) is 0 Å². The molecule has 0 saturated carbocycles. The maximum Gasteiger partial charge on any atom is 0.225 e. The van der Waals surface area contributed by atoms with Crippen LogP contribution in [0.15, 0.2) is 18.2 Å². The van der Waals surface area contributed by atoms with Crippen LogP contribution in [-0.4, -0.2) is 43.5 Å². The average Bonchev–Trinajstić information content (AvgIpc) is 2.29. The Bertz CT molecular complexity index is 463. The summed E-state index contributed by atoms with van der Waals surface area (Å²) in [5, 5.41) is 7.04. The van der Waals surface area contributed by atoms with Crippen molar-refractivity contribution in [2.45, 2.75) is 12.5 Å². The molecule has 1 aromatic carbocycles. The fourth-order valence-corrected chi connectivity index (χ4v) is 2.19. The largest absolute Gasteiger partial charge is 0.325 e. The Morgan fingerprint density at radius 1 is 1.47 bits per heavy atom. The number of anilines is 1. The summed E-state index contributed by atoms with van der Waals surface area (Å²) in [6.45, 7) is 2.73. The second kappa shape index (κ2) is 6.57. The van der Waals surface area contributed by atoms with Gasteiger partial charge in [-0.15, -0.1) is 0 Å². The van der Waals surface area contributed by atoms with E-state index >= 15 is 0 Å². The number of nitrogens with zero attached hydrogens (tertiary/aromatic N) is 1. The molecule has 4 nitrogen and oxygen atoms in total.